The largest absolute Gasteiger partial charge is 0.497 e. The van der Waals surface area contributed by atoms with Crippen LogP contribution in [0.4, 0.5) is 0 Å². The van der Waals surface area contributed by atoms with Gasteiger partial charge in [0.05, 0.1) is 7.11 Å². The SMILES string of the molecule is C=C(NCCC1=CCC=CC1)C1CC(C2=CCC(C3C=CC=C(CC)C3)=N2)C(c2ccc(OC)cc2)C1C. The zero-order valence-corrected chi connectivity index (χ0v) is 23.5. The van der Waals surface area contributed by atoms with E-state index in [-0.39, 0.29) is 0 Å². The van der Waals surface area contributed by atoms with Crippen molar-refractivity contribution in [3.05, 3.63) is 101 Å². The van der Waals surface area contributed by atoms with Crippen molar-refractivity contribution in [2.75, 3.05) is 13.7 Å². The predicted octanol–water partition coefficient (Wildman–Crippen LogP) is 8.46. The van der Waals surface area contributed by atoms with Gasteiger partial charge in [-0.2, -0.15) is 0 Å². The van der Waals surface area contributed by atoms with Gasteiger partial charge in [-0.25, -0.2) is 0 Å². The molecule has 1 aromatic carbocycles. The second kappa shape index (κ2) is 12.2. The average Bonchev–Trinajstić information content (AvgIpc) is 3.59. The maximum atomic E-state index is 5.46. The first-order chi connectivity index (χ1) is 18.6. The highest BCUT2D eigenvalue weighted by Gasteiger charge is 2.44. The Kier molecular flexibility index (Phi) is 8.51. The first kappa shape index (κ1) is 26.5. The van der Waals surface area contributed by atoms with Crippen molar-refractivity contribution in [2.24, 2.45) is 28.7 Å². The number of rotatable bonds is 10. The molecule has 1 heterocycles. The van der Waals surface area contributed by atoms with Crippen molar-refractivity contribution >= 4 is 5.71 Å². The summed E-state index contributed by atoms with van der Waals surface area (Å²) in [5, 5.41) is 3.73. The summed E-state index contributed by atoms with van der Waals surface area (Å²) in [7, 11) is 1.74. The molecule has 0 spiro atoms. The molecule has 0 saturated heterocycles. The van der Waals surface area contributed by atoms with Gasteiger partial charge in [0.1, 0.15) is 5.75 Å². The van der Waals surface area contributed by atoms with Gasteiger partial charge < -0.3 is 10.1 Å². The molecule has 1 N–H and O–H groups in total. The highest BCUT2D eigenvalue weighted by Crippen LogP contribution is 2.53. The van der Waals surface area contributed by atoms with E-state index in [0.29, 0.717) is 29.6 Å². The minimum absolute atomic E-state index is 0.402. The van der Waals surface area contributed by atoms with Crippen LogP contribution in [0, 0.1) is 23.7 Å². The quantitative estimate of drug-likeness (QED) is 0.322. The summed E-state index contributed by atoms with van der Waals surface area (Å²) in [6.45, 7) is 10.2. The third-order valence-electron chi connectivity index (χ3n) is 9.19. The number of aliphatic imine (C=N–C) groups is 1. The highest BCUT2D eigenvalue weighted by atomic mass is 16.5. The van der Waals surface area contributed by atoms with E-state index in [9.17, 15) is 0 Å². The number of hydrogen-bond acceptors (Lipinski definition) is 3. The molecule has 5 rings (SSSR count). The number of methoxy groups -OCH3 is 1. The fourth-order valence-corrected chi connectivity index (χ4v) is 6.92. The van der Waals surface area contributed by atoms with E-state index < -0.39 is 0 Å². The maximum absolute atomic E-state index is 5.46. The molecular weight excluding hydrogens is 464 g/mol. The van der Waals surface area contributed by atoms with Gasteiger partial charge in [0.2, 0.25) is 0 Å². The summed E-state index contributed by atoms with van der Waals surface area (Å²) in [6, 6.07) is 8.73. The van der Waals surface area contributed by atoms with Gasteiger partial charge in [-0.3, -0.25) is 4.99 Å². The van der Waals surface area contributed by atoms with Crippen molar-refractivity contribution < 1.29 is 4.74 Å². The minimum Gasteiger partial charge on any atom is -0.497 e. The van der Waals surface area contributed by atoms with Gasteiger partial charge in [0, 0.05) is 47.8 Å². The van der Waals surface area contributed by atoms with Gasteiger partial charge in [0.25, 0.3) is 0 Å². The lowest BCUT2D eigenvalue weighted by molar-refractivity contribution is 0.409. The molecule has 3 heteroatoms. The number of nitrogens with zero attached hydrogens (tertiary/aromatic N) is 1. The average molecular weight is 509 g/mol. The molecule has 0 amide bonds. The van der Waals surface area contributed by atoms with Gasteiger partial charge in [0.15, 0.2) is 0 Å². The van der Waals surface area contributed by atoms with Crippen LogP contribution in [0.15, 0.2) is 101 Å². The van der Waals surface area contributed by atoms with E-state index >= 15 is 0 Å². The molecule has 1 aliphatic heterocycles. The Balaban J connectivity index is 1.32. The fraction of sp³-hybridized carbons (Fsp3) is 0.457. The zero-order valence-electron chi connectivity index (χ0n) is 23.5. The summed E-state index contributed by atoms with van der Waals surface area (Å²) < 4.78 is 5.46. The standard InChI is InChI=1S/C35H44N2O/c1-5-26-12-9-13-29(22-26)33-18-19-34(37-33)32-23-31(25(3)36-21-20-27-10-7-6-8-11-27)24(2)35(32)28-14-16-30(38-4)17-15-28/h6-7,9,11-17,19,24,29,31-32,35-36H,3,5,8,10,18,20-23H2,1-2,4H3. The number of nitrogens with one attached hydrogen (secondary N) is 1. The van der Waals surface area contributed by atoms with Crippen LogP contribution in [-0.2, 0) is 0 Å². The van der Waals surface area contributed by atoms with Crippen LogP contribution in [0.25, 0.3) is 0 Å². The molecule has 5 unspecified atom stereocenters. The summed E-state index contributed by atoms with van der Waals surface area (Å²) in [5.41, 5.74) is 8.28. The van der Waals surface area contributed by atoms with Crippen molar-refractivity contribution in [3.8, 4) is 5.75 Å². The fourth-order valence-electron chi connectivity index (χ4n) is 6.92. The molecule has 4 aliphatic rings. The molecule has 0 bridgehead atoms. The molecule has 200 valence electrons. The number of allylic oxidation sites excluding steroid dienone is 10. The molecule has 0 radical (unpaired) electrons. The Labute approximate surface area is 229 Å². The molecule has 1 aromatic rings. The lowest BCUT2D eigenvalue weighted by Gasteiger charge is -2.26. The van der Waals surface area contributed by atoms with Crippen molar-refractivity contribution in [1.82, 2.24) is 5.32 Å². The molecule has 1 saturated carbocycles. The van der Waals surface area contributed by atoms with Crippen LogP contribution < -0.4 is 10.1 Å². The maximum Gasteiger partial charge on any atom is 0.118 e. The summed E-state index contributed by atoms with van der Waals surface area (Å²) in [5.74, 6) is 3.08. The van der Waals surface area contributed by atoms with Crippen LogP contribution in [0.3, 0.4) is 0 Å². The van der Waals surface area contributed by atoms with Crippen molar-refractivity contribution in [3.63, 3.8) is 0 Å². The molecule has 5 atom stereocenters. The summed E-state index contributed by atoms with van der Waals surface area (Å²) >= 11 is 0. The monoisotopic (exact) mass is 508 g/mol. The zero-order chi connectivity index (χ0) is 26.5. The van der Waals surface area contributed by atoms with Crippen molar-refractivity contribution in [2.45, 2.75) is 64.7 Å². The van der Waals surface area contributed by atoms with E-state index in [1.54, 1.807) is 7.11 Å². The first-order valence-electron chi connectivity index (χ1n) is 14.6. The van der Waals surface area contributed by atoms with E-state index in [0.717, 1.165) is 57.2 Å². The normalized spacial score (nSPS) is 28.4. The second-order valence-electron chi connectivity index (χ2n) is 11.4. The molecule has 1 fully saturated rings. The minimum atomic E-state index is 0.402. The third kappa shape index (κ3) is 5.82. The molecule has 38 heavy (non-hydrogen) atoms. The Morgan fingerprint density at radius 3 is 2.68 bits per heavy atom. The van der Waals surface area contributed by atoms with Crippen LogP contribution in [0.2, 0.25) is 0 Å². The van der Waals surface area contributed by atoms with Gasteiger partial charge in [-0.1, -0.05) is 86.2 Å². The van der Waals surface area contributed by atoms with Crippen molar-refractivity contribution in [1.29, 1.82) is 0 Å². The topological polar surface area (TPSA) is 33.6 Å². The number of ether oxygens (including phenoxy) is 1. The van der Waals surface area contributed by atoms with Crippen LogP contribution >= 0.6 is 0 Å². The molecule has 3 aliphatic carbocycles. The highest BCUT2D eigenvalue weighted by molar-refractivity contribution is 5.92. The predicted molar refractivity (Wildman–Crippen MR) is 160 cm³/mol. The second-order valence-corrected chi connectivity index (χ2v) is 11.4. The van der Waals surface area contributed by atoms with E-state index in [1.807, 2.05) is 0 Å². The van der Waals surface area contributed by atoms with Gasteiger partial charge >= 0.3 is 0 Å². The van der Waals surface area contributed by atoms with Gasteiger partial charge in [-0.15, -0.1) is 0 Å². The van der Waals surface area contributed by atoms with Crippen LogP contribution in [0.1, 0.15) is 70.3 Å². The molecular formula is C35H44N2O. The Morgan fingerprint density at radius 1 is 1.11 bits per heavy atom. The number of hydrogen-bond donors (Lipinski definition) is 1. The summed E-state index contributed by atoms with van der Waals surface area (Å²) in [4.78, 5) is 5.33. The lowest BCUT2D eigenvalue weighted by Crippen LogP contribution is -2.23. The Bertz CT molecular complexity index is 1190. The molecule has 0 aromatic heterocycles. The summed E-state index contributed by atoms with van der Waals surface area (Å²) in [6.07, 6.45) is 23.8. The van der Waals surface area contributed by atoms with E-state index in [2.05, 4.69) is 92.5 Å². The first-order valence-corrected chi connectivity index (χ1v) is 14.6. The van der Waals surface area contributed by atoms with E-state index in [4.69, 9.17) is 9.73 Å². The Hall–Kier alpha value is -3.07. The van der Waals surface area contributed by atoms with E-state index in [1.165, 1.54) is 33.8 Å². The van der Waals surface area contributed by atoms with Crippen LogP contribution in [-0.4, -0.2) is 19.4 Å². The van der Waals surface area contributed by atoms with Gasteiger partial charge in [-0.05, 0) is 68.1 Å². The third-order valence-corrected chi connectivity index (χ3v) is 9.19. The Morgan fingerprint density at radius 2 is 1.95 bits per heavy atom. The van der Waals surface area contributed by atoms with Crippen LogP contribution in [0.5, 0.6) is 5.75 Å². The molecule has 3 nitrogen and oxygen atoms in total. The lowest BCUT2D eigenvalue weighted by atomic mass is 9.81. The smallest absolute Gasteiger partial charge is 0.118 e. The number of benzene rings is 1.